The van der Waals surface area contributed by atoms with Crippen LogP contribution in [0.2, 0.25) is 0 Å². The van der Waals surface area contributed by atoms with Crippen molar-refractivity contribution in [3.63, 3.8) is 0 Å². The summed E-state index contributed by atoms with van der Waals surface area (Å²) in [4.78, 5) is 0. The third-order valence-corrected chi connectivity index (χ3v) is 2.42. The molecule has 2 N–H and O–H groups in total. The molecular weight excluding hydrogens is 178 g/mol. The molecule has 1 aliphatic heterocycles. The molecule has 0 amide bonds. The first kappa shape index (κ1) is 9.34. The van der Waals surface area contributed by atoms with Crippen molar-refractivity contribution in [1.29, 1.82) is 0 Å². The Morgan fingerprint density at radius 3 is 3.00 bits per heavy atom. The van der Waals surface area contributed by atoms with E-state index in [2.05, 4.69) is 0 Å². The highest BCUT2D eigenvalue weighted by molar-refractivity contribution is 5.51. The van der Waals surface area contributed by atoms with Crippen LogP contribution in [0.4, 0.5) is 5.69 Å². The minimum atomic E-state index is 0.523. The lowest BCUT2D eigenvalue weighted by Gasteiger charge is -2.11. The number of benzene rings is 1. The number of hydrogen-bond donors (Lipinski definition) is 1. The molecular formula is C11H15NO2. The fourth-order valence-electron chi connectivity index (χ4n) is 1.53. The molecule has 1 aromatic carbocycles. The summed E-state index contributed by atoms with van der Waals surface area (Å²) in [6.07, 6.45) is 1.09. The lowest BCUT2D eigenvalue weighted by Crippen LogP contribution is -2.12. The molecule has 0 spiro atoms. The fraction of sp³-hybridized carbons (Fsp3) is 0.455. The largest absolute Gasteiger partial charge is 0.491 e. The zero-order chi connectivity index (χ0) is 9.80. The number of para-hydroxylation sites is 2. The maximum absolute atomic E-state index is 5.75. The quantitative estimate of drug-likeness (QED) is 0.743. The van der Waals surface area contributed by atoms with E-state index in [1.165, 1.54) is 0 Å². The molecule has 1 heterocycles. The summed E-state index contributed by atoms with van der Waals surface area (Å²) >= 11 is 0. The van der Waals surface area contributed by atoms with Crippen LogP contribution in [0.25, 0.3) is 0 Å². The molecule has 2 rings (SSSR count). The van der Waals surface area contributed by atoms with Gasteiger partial charge in [-0.3, -0.25) is 0 Å². The Hall–Kier alpha value is -1.22. The predicted molar refractivity (Wildman–Crippen MR) is 55.3 cm³/mol. The first-order valence-corrected chi connectivity index (χ1v) is 4.91. The first-order chi connectivity index (χ1) is 6.86. The van der Waals surface area contributed by atoms with Gasteiger partial charge >= 0.3 is 0 Å². The molecule has 14 heavy (non-hydrogen) atoms. The van der Waals surface area contributed by atoms with Gasteiger partial charge in [0.25, 0.3) is 0 Å². The van der Waals surface area contributed by atoms with Gasteiger partial charge in [-0.2, -0.15) is 0 Å². The Bertz CT molecular complexity index is 295. The van der Waals surface area contributed by atoms with Gasteiger partial charge in [-0.15, -0.1) is 0 Å². The van der Waals surface area contributed by atoms with Crippen LogP contribution in [0.5, 0.6) is 5.75 Å². The Labute approximate surface area is 83.8 Å². The van der Waals surface area contributed by atoms with Crippen LogP contribution in [0.1, 0.15) is 6.42 Å². The summed E-state index contributed by atoms with van der Waals surface area (Å²) in [5, 5.41) is 0. The van der Waals surface area contributed by atoms with Crippen LogP contribution in [-0.2, 0) is 4.74 Å². The Balaban J connectivity index is 1.88. The number of nitrogens with two attached hydrogens (primary N) is 1. The van der Waals surface area contributed by atoms with Crippen LogP contribution in [-0.4, -0.2) is 19.8 Å². The van der Waals surface area contributed by atoms with Gasteiger partial charge in [-0.1, -0.05) is 12.1 Å². The molecule has 1 unspecified atom stereocenters. The molecule has 1 atom stereocenters. The summed E-state index contributed by atoms with van der Waals surface area (Å²) < 4.78 is 10.9. The van der Waals surface area contributed by atoms with E-state index < -0.39 is 0 Å². The van der Waals surface area contributed by atoms with Crippen molar-refractivity contribution in [2.24, 2.45) is 5.92 Å². The van der Waals surface area contributed by atoms with Gasteiger partial charge in [0, 0.05) is 12.5 Å². The van der Waals surface area contributed by atoms with E-state index in [1.807, 2.05) is 24.3 Å². The molecule has 1 aliphatic rings. The van der Waals surface area contributed by atoms with Crippen LogP contribution in [0.15, 0.2) is 24.3 Å². The zero-order valence-corrected chi connectivity index (χ0v) is 8.11. The van der Waals surface area contributed by atoms with Gasteiger partial charge in [-0.25, -0.2) is 0 Å². The molecule has 0 bridgehead atoms. The van der Waals surface area contributed by atoms with Gasteiger partial charge in [0.1, 0.15) is 5.75 Å². The number of ether oxygens (including phenoxy) is 2. The van der Waals surface area contributed by atoms with Crippen molar-refractivity contribution in [2.75, 3.05) is 25.6 Å². The third-order valence-electron chi connectivity index (χ3n) is 2.42. The maximum Gasteiger partial charge on any atom is 0.142 e. The molecule has 3 heteroatoms. The maximum atomic E-state index is 5.75. The van der Waals surface area contributed by atoms with Gasteiger partial charge in [-0.05, 0) is 18.6 Å². The number of anilines is 1. The second-order valence-electron chi connectivity index (χ2n) is 3.58. The molecule has 0 saturated carbocycles. The van der Waals surface area contributed by atoms with Gasteiger partial charge < -0.3 is 15.2 Å². The topological polar surface area (TPSA) is 44.5 Å². The minimum Gasteiger partial charge on any atom is -0.491 e. The molecule has 0 radical (unpaired) electrons. The van der Waals surface area contributed by atoms with E-state index in [0.29, 0.717) is 18.2 Å². The second-order valence-corrected chi connectivity index (χ2v) is 3.58. The van der Waals surface area contributed by atoms with E-state index in [4.69, 9.17) is 15.2 Å². The monoisotopic (exact) mass is 193 g/mol. The van der Waals surface area contributed by atoms with Crippen molar-refractivity contribution < 1.29 is 9.47 Å². The minimum absolute atomic E-state index is 0.523. The Morgan fingerprint density at radius 1 is 1.43 bits per heavy atom. The van der Waals surface area contributed by atoms with Gasteiger partial charge in [0.15, 0.2) is 0 Å². The Morgan fingerprint density at radius 2 is 2.29 bits per heavy atom. The molecule has 1 aromatic rings. The third kappa shape index (κ3) is 2.17. The van der Waals surface area contributed by atoms with Crippen molar-refractivity contribution in [1.82, 2.24) is 0 Å². The fourth-order valence-corrected chi connectivity index (χ4v) is 1.53. The van der Waals surface area contributed by atoms with E-state index in [0.717, 1.165) is 25.4 Å². The van der Waals surface area contributed by atoms with E-state index >= 15 is 0 Å². The molecule has 0 aliphatic carbocycles. The summed E-state index contributed by atoms with van der Waals surface area (Å²) in [5.74, 6) is 1.30. The normalized spacial score (nSPS) is 21.0. The van der Waals surface area contributed by atoms with Crippen molar-refractivity contribution in [3.8, 4) is 5.75 Å². The molecule has 1 fully saturated rings. The number of rotatable bonds is 3. The summed E-state index contributed by atoms with van der Waals surface area (Å²) in [6.45, 7) is 2.37. The predicted octanol–water partition coefficient (Wildman–Crippen LogP) is 1.68. The van der Waals surface area contributed by atoms with E-state index in [9.17, 15) is 0 Å². The van der Waals surface area contributed by atoms with Crippen LogP contribution in [0.3, 0.4) is 0 Å². The van der Waals surface area contributed by atoms with Gasteiger partial charge in [0.2, 0.25) is 0 Å². The molecule has 76 valence electrons. The Kier molecular flexibility index (Phi) is 2.89. The van der Waals surface area contributed by atoms with E-state index in [1.54, 1.807) is 0 Å². The van der Waals surface area contributed by atoms with Crippen molar-refractivity contribution >= 4 is 5.69 Å². The van der Waals surface area contributed by atoms with Crippen LogP contribution < -0.4 is 10.5 Å². The zero-order valence-electron chi connectivity index (χ0n) is 8.11. The summed E-state index contributed by atoms with van der Waals surface area (Å²) in [6, 6.07) is 7.57. The van der Waals surface area contributed by atoms with Gasteiger partial charge in [0.05, 0.1) is 18.9 Å². The smallest absolute Gasteiger partial charge is 0.142 e. The van der Waals surface area contributed by atoms with Crippen LogP contribution in [0, 0.1) is 5.92 Å². The average Bonchev–Trinajstić information content (AvgIpc) is 2.69. The highest BCUT2D eigenvalue weighted by atomic mass is 16.5. The second kappa shape index (κ2) is 4.33. The highest BCUT2D eigenvalue weighted by Gasteiger charge is 2.16. The highest BCUT2D eigenvalue weighted by Crippen LogP contribution is 2.21. The average molecular weight is 193 g/mol. The standard InChI is InChI=1S/C11H15NO2/c12-10-3-1-2-4-11(10)14-8-9-5-6-13-7-9/h1-4,9H,5-8,12H2. The van der Waals surface area contributed by atoms with Crippen molar-refractivity contribution in [2.45, 2.75) is 6.42 Å². The molecule has 0 aromatic heterocycles. The lowest BCUT2D eigenvalue weighted by molar-refractivity contribution is 0.167. The molecule has 1 saturated heterocycles. The first-order valence-electron chi connectivity index (χ1n) is 4.91. The van der Waals surface area contributed by atoms with Crippen molar-refractivity contribution in [3.05, 3.63) is 24.3 Å². The van der Waals surface area contributed by atoms with Crippen LogP contribution >= 0.6 is 0 Å². The number of nitrogen functional groups attached to an aromatic ring is 1. The van der Waals surface area contributed by atoms with E-state index in [-0.39, 0.29) is 0 Å². The molecule has 3 nitrogen and oxygen atoms in total. The lowest BCUT2D eigenvalue weighted by atomic mass is 10.1. The summed E-state index contributed by atoms with van der Waals surface area (Å²) in [7, 11) is 0. The SMILES string of the molecule is Nc1ccccc1OCC1CCOC1. The summed E-state index contributed by atoms with van der Waals surface area (Å²) in [5.41, 5.74) is 6.45. The number of hydrogen-bond acceptors (Lipinski definition) is 3.